The number of hydrogen-bond donors (Lipinski definition) is 3. The molecule has 154 valence electrons. The van der Waals surface area contributed by atoms with Crippen molar-refractivity contribution >= 4 is 29.2 Å². The molecule has 0 atom stereocenters. The molecule has 2 aliphatic rings. The van der Waals surface area contributed by atoms with Crippen molar-refractivity contribution in [3.05, 3.63) is 25.3 Å². The number of amidine groups is 2. The zero-order valence-corrected chi connectivity index (χ0v) is 16.5. The van der Waals surface area contributed by atoms with Gasteiger partial charge < -0.3 is 25.1 Å². The number of carbonyl (C=O) groups is 1. The number of halogens is 1. The number of carboxylic acid groups (broad SMARTS) is 1. The predicted octanol–water partition coefficient (Wildman–Crippen LogP) is 0.848. The predicted molar refractivity (Wildman–Crippen MR) is 110 cm³/mol. The Labute approximate surface area is 166 Å². The fourth-order valence-electron chi connectivity index (χ4n) is 2.43. The van der Waals surface area contributed by atoms with Crippen molar-refractivity contribution in [3.63, 3.8) is 0 Å². The zero-order chi connectivity index (χ0) is 20.5. The molecule has 27 heavy (non-hydrogen) atoms. The molecule has 0 saturated carbocycles. The third-order valence-electron chi connectivity index (χ3n) is 3.57. The number of hydrogen-bond acceptors (Lipinski definition) is 7. The summed E-state index contributed by atoms with van der Waals surface area (Å²) in [6.45, 7) is 12.7. The molecule has 0 aromatic carbocycles. The average molecular weight is 403 g/mol. The summed E-state index contributed by atoms with van der Waals surface area (Å²) >= 11 is 4.74. The first-order valence-corrected chi connectivity index (χ1v) is 9.35. The van der Waals surface area contributed by atoms with Crippen molar-refractivity contribution in [2.75, 3.05) is 58.4 Å². The van der Waals surface area contributed by atoms with E-state index >= 15 is 0 Å². The number of carboxylic acids is 1. The smallest absolute Gasteiger partial charge is 0.318 e. The van der Waals surface area contributed by atoms with Crippen LogP contribution in [0.25, 0.3) is 0 Å². The summed E-state index contributed by atoms with van der Waals surface area (Å²) in [5.41, 5.74) is 0. The van der Waals surface area contributed by atoms with Crippen LogP contribution in [0.3, 0.4) is 0 Å². The highest BCUT2D eigenvalue weighted by Crippen LogP contribution is 2.05. The van der Waals surface area contributed by atoms with E-state index in [-0.39, 0.29) is 19.1 Å². The summed E-state index contributed by atoms with van der Waals surface area (Å²) in [6.07, 6.45) is 5.32. The number of alkyl halides is 1. The molecular formula is C18H31ClN4O4. The summed E-state index contributed by atoms with van der Waals surface area (Å²) in [5, 5.41) is 25.0. The van der Waals surface area contributed by atoms with Crippen LogP contribution in [-0.4, -0.2) is 101 Å². The van der Waals surface area contributed by atoms with Gasteiger partial charge in [-0.05, 0) is 0 Å². The Morgan fingerprint density at radius 1 is 1.00 bits per heavy atom. The summed E-state index contributed by atoms with van der Waals surface area (Å²) in [6, 6.07) is 0. The van der Waals surface area contributed by atoms with Gasteiger partial charge in [-0.25, -0.2) is 0 Å². The standard InChI is InChI=1S/2C8H14N2O.C2H3ClO2/c2*1-2-3-8-9-4-5-10(8)6-7-11;3-1-2(4)5/h2*2,11H,1,3-7H2;1H2,(H,4,5). The summed E-state index contributed by atoms with van der Waals surface area (Å²) in [4.78, 5) is 22.0. The van der Waals surface area contributed by atoms with Gasteiger partial charge in [0.1, 0.15) is 17.6 Å². The highest BCUT2D eigenvalue weighted by atomic mass is 35.5. The van der Waals surface area contributed by atoms with Crippen LogP contribution in [0.5, 0.6) is 0 Å². The quantitative estimate of drug-likeness (QED) is 0.389. The van der Waals surface area contributed by atoms with Crippen LogP contribution in [-0.2, 0) is 4.79 Å². The topological polar surface area (TPSA) is 109 Å². The lowest BCUT2D eigenvalue weighted by molar-refractivity contribution is -0.134. The van der Waals surface area contributed by atoms with E-state index in [9.17, 15) is 4.79 Å². The molecule has 0 aromatic heterocycles. The Morgan fingerprint density at radius 3 is 1.63 bits per heavy atom. The maximum Gasteiger partial charge on any atom is 0.318 e. The molecule has 2 rings (SSSR count). The minimum atomic E-state index is -0.980. The molecule has 0 aromatic rings. The number of β-amino-alcohol motifs (C(OH)–C–C–N with tert-alkyl or cyclic N) is 2. The normalized spacial score (nSPS) is 15.1. The molecule has 3 N–H and O–H groups in total. The Morgan fingerprint density at radius 2 is 1.37 bits per heavy atom. The lowest BCUT2D eigenvalue weighted by atomic mass is 10.3. The molecule has 0 saturated heterocycles. The van der Waals surface area contributed by atoms with E-state index in [0.29, 0.717) is 13.1 Å². The highest BCUT2D eigenvalue weighted by molar-refractivity contribution is 6.26. The fourth-order valence-corrected chi connectivity index (χ4v) is 2.43. The molecule has 0 radical (unpaired) electrons. The molecule has 0 bridgehead atoms. The van der Waals surface area contributed by atoms with E-state index in [1.54, 1.807) is 0 Å². The van der Waals surface area contributed by atoms with Crippen molar-refractivity contribution in [1.29, 1.82) is 0 Å². The second-order valence-corrected chi connectivity index (χ2v) is 5.80. The molecular weight excluding hydrogens is 372 g/mol. The van der Waals surface area contributed by atoms with Crippen LogP contribution >= 0.6 is 11.6 Å². The van der Waals surface area contributed by atoms with Crippen LogP contribution in [0.15, 0.2) is 35.3 Å². The Balaban J connectivity index is 0.000000405. The van der Waals surface area contributed by atoms with E-state index in [1.165, 1.54) is 0 Å². The van der Waals surface area contributed by atoms with Crippen LogP contribution < -0.4 is 0 Å². The summed E-state index contributed by atoms with van der Waals surface area (Å²) < 4.78 is 0. The molecule has 0 unspecified atom stereocenters. The van der Waals surface area contributed by atoms with Crippen molar-refractivity contribution in [3.8, 4) is 0 Å². The fraction of sp³-hybridized carbons (Fsp3) is 0.611. The monoisotopic (exact) mass is 402 g/mol. The number of aliphatic imine (C=N–C) groups is 2. The lowest BCUT2D eigenvalue weighted by Crippen LogP contribution is -2.30. The maximum absolute atomic E-state index is 9.24. The minimum Gasteiger partial charge on any atom is -0.480 e. The van der Waals surface area contributed by atoms with E-state index in [2.05, 4.69) is 32.9 Å². The molecule has 2 heterocycles. The van der Waals surface area contributed by atoms with Gasteiger partial charge in [-0.15, -0.1) is 24.8 Å². The molecule has 0 fully saturated rings. The number of rotatable bonds is 9. The van der Waals surface area contributed by atoms with Gasteiger partial charge in [-0.3, -0.25) is 14.8 Å². The average Bonchev–Trinajstić information content (AvgIpc) is 3.28. The van der Waals surface area contributed by atoms with Gasteiger partial charge in [0.05, 0.1) is 26.3 Å². The van der Waals surface area contributed by atoms with Crippen LogP contribution in [0.4, 0.5) is 0 Å². The molecule has 2 aliphatic heterocycles. The zero-order valence-electron chi connectivity index (χ0n) is 15.8. The van der Waals surface area contributed by atoms with Crippen molar-refractivity contribution in [2.24, 2.45) is 9.98 Å². The van der Waals surface area contributed by atoms with Gasteiger partial charge in [0.2, 0.25) is 0 Å². The van der Waals surface area contributed by atoms with Gasteiger partial charge >= 0.3 is 5.97 Å². The van der Waals surface area contributed by atoms with E-state index < -0.39 is 5.97 Å². The van der Waals surface area contributed by atoms with Crippen molar-refractivity contribution in [1.82, 2.24) is 9.80 Å². The largest absolute Gasteiger partial charge is 0.480 e. The lowest BCUT2D eigenvalue weighted by Gasteiger charge is -2.17. The van der Waals surface area contributed by atoms with E-state index in [4.69, 9.17) is 26.9 Å². The second-order valence-electron chi connectivity index (χ2n) is 5.53. The number of aliphatic hydroxyl groups excluding tert-OH is 2. The maximum atomic E-state index is 9.24. The van der Waals surface area contributed by atoms with E-state index in [1.807, 2.05) is 12.2 Å². The molecule has 0 spiro atoms. The van der Waals surface area contributed by atoms with Crippen molar-refractivity contribution < 1.29 is 20.1 Å². The third-order valence-corrected chi connectivity index (χ3v) is 3.80. The second kappa shape index (κ2) is 16.3. The molecule has 0 amide bonds. The highest BCUT2D eigenvalue weighted by Gasteiger charge is 2.14. The Bertz CT molecular complexity index is 474. The Hall–Kier alpha value is -1.90. The molecule has 9 heteroatoms. The van der Waals surface area contributed by atoms with Gasteiger partial charge in [-0.2, -0.15) is 0 Å². The number of aliphatic hydroxyl groups is 2. The van der Waals surface area contributed by atoms with Crippen LogP contribution in [0, 0.1) is 0 Å². The SMILES string of the molecule is C=CCC1=NCCN1CCO.C=CCC1=NCCN1CCO.O=C(O)CCl. The third kappa shape index (κ3) is 11.4. The molecule has 8 nitrogen and oxygen atoms in total. The number of aliphatic carboxylic acids is 1. The Kier molecular flexibility index (Phi) is 15.1. The first kappa shape index (κ1) is 25.1. The van der Waals surface area contributed by atoms with Gasteiger partial charge in [0.25, 0.3) is 0 Å². The van der Waals surface area contributed by atoms with Crippen LogP contribution in [0.1, 0.15) is 12.8 Å². The van der Waals surface area contributed by atoms with E-state index in [0.717, 1.165) is 50.7 Å². The number of nitrogens with zero attached hydrogens (tertiary/aromatic N) is 4. The first-order chi connectivity index (χ1) is 13.0. The van der Waals surface area contributed by atoms with Gasteiger partial charge in [0.15, 0.2) is 0 Å². The minimum absolute atomic E-state index is 0.205. The van der Waals surface area contributed by atoms with Gasteiger partial charge in [-0.1, -0.05) is 12.2 Å². The summed E-state index contributed by atoms with van der Waals surface area (Å²) in [5.74, 6) is 0.842. The van der Waals surface area contributed by atoms with Crippen LogP contribution in [0.2, 0.25) is 0 Å². The summed E-state index contributed by atoms with van der Waals surface area (Å²) in [7, 11) is 0. The first-order valence-electron chi connectivity index (χ1n) is 8.81. The van der Waals surface area contributed by atoms with Gasteiger partial charge in [0, 0.05) is 39.0 Å². The van der Waals surface area contributed by atoms with Crippen molar-refractivity contribution in [2.45, 2.75) is 12.8 Å². The molecule has 0 aliphatic carbocycles.